The number of hydrogen-bond acceptors (Lipinski definition) is 2. The third-order valence-corrected chi connectivity index (χ3v) is 3.43. The highest BCUT2D eigenvalue weighted by molar-refractivity contribution is 4.74. The molecule has 0 aromatic heterocycles. The average Bonchev–Trinajstić information content (AvgIpc) is 2.19. The van der Waals surface area contributed by atoms with E-state index in [9.17, 15) is 0 Å². The van der Waals surface area contributed by atoms with E-state index in [0.717, 1.165) is 24.9 Å². The van der Waals surface area contributed by atoms with E-state index in [1.165, 1.54) is 32.5 Å². The van der Waals surface area contributed by atoms with Crippen LogP contribution in [0.3, 0.4) is 0 Å². The zero-order valence-corrected chi connectivity index (χ0v) is 10.1. The first-order valence-corrected chi connectivity index (χ1v) is 6.17. The molecular formula is C12H28N2. The number of nitrogens with one attached hydrogen (secondary N) is 1. The van der Waals surface area contributed by atoms with Crippen molar-refractivity contribution in [2.75, 3.05) is 32.7 Å². The molecule has 86 valence electrons. The third-order valence-electron chi connectivity index (χ3n) is 3.43. The Morgan fingerprint density at radius 1 is 1.36 bits per heavy atom. The van der Waals surface area contributed by atoms with E-state index in [2.05, 4.69) is 31.0 Å². The highest BCUT2D eigenvalue weighted by Crippen LogP contribution is 2.23. The van der Waals surface area contributed by atoms with Crippen molar-refractivity contribution in [1.29, 1.82) is 0 Å². The van der Waals surface area contributed by atoms with Gasteiger partial charge in [-0.25, -0.2) is 0 Å². The van der Waals surface area contributed by atoms with Gasteiger partial charge >= 0.3 is 0 Å². The van der Waals surface area contributed by atoms with Crippen LogP contribution in [0.15, 0.2) is 0 Å². The Labute approximate surface area is 90.5 Å². The molecule has 0 spiro atoms. The summed E-state index contributed by atoms with van der Waals surface area (Å²) in [5.74, 6) is 1.86. The Kier molecular flexibility index (Phi) is 5.49. The zero-order valence-electron chi connectivity index (χ0n) is 10.1. The number of nitrogens with zero attached hydrogens (tertiary/aromatic N) is 1. The van der Waals surface area contributed by atoms with Gasteiger partial charge in [0.05, 0.1) is 0 Å². The summed E-state index contributed by atoms with van der Waals surface area (Å²) >= 11 is 0. The molecule has 14 heavy (non-hydrogen) atoms. The van der Waals surface area contributed by atoms with E-state index in [4.69, 9.17) is 0 Å². The maximum atomic E-state index is 3.39. The third kappa shape index (κ3) is 3.97. The van der Waals surface area contributed by atoms with Gasteiger partial charge in [0.25, 0.3) is 0 Å². The predicted molar refractivity (Wildman–Crippen MR) is 64.7 cm³/mol. The van der Waals surface area contributed by atoms with Crippen molar-refractivity contribution in [3.8, 4) is 0 Å². The summed E-state index contributed by atoms with van der Waals surface area (Å²) in [5, 5.41) is 3.39. The lowest BCUT2D eigenvalue weighted by molar-refractivity contribution is 0.159. The van der Waals surface area contributed by atoms with E-state index in [1.54, 1.807) is 0 Å². The molecule has 2 nitrogen and oxygen atoms in total. The molecule has 0 atom stereocenters. The maximum Gasteiger partial charge on any atom is 0.0107 e. The molecule has 0 amide bonds. The fourth-order valence-corrected chi connectivity index (χ4v) is 2.26. The van der Waals surface area contributed by atoms with Crippen molar-refractivity contribution < 1.29 is 1.43 Å². The van der Waals surface area contributed by atoms with Gasteiger partial charge in [0, 0.05) is 14.5 Å². The second-order valence-corrected chi connectivity index (χ2v) is 4.78. The van der Waals surface area contributed by atoms with E-state index >= 15 is 0 Å². The summed E-state index contributed by atoms with van der Waals surface area (Å²) in [6.45, 7) is 13.0. The monoisotopic (exact) mass is 200 g/mol. The quantitative estimate of drug-likeness (QED) is 0.685. The van der Waals surface area contributed by atoms with Crippen LogP contribution in [0.2, 0.25) is 0 Å². The van der Waals surface area contributed by atoms with E-state index in [1.807, 2.05) is 0 Å². The molecule has 1 N–H and O–H groups in total. The topological polar surface area (TPSA) is 15.3 Å². The molecule has 1 rings (SSSR count). The Bertz CT molecular complexity index is 143. The Balaban J connectivity index is 0.00000196. The number of likely N-dealkylation sites (N-methyl/N-ethyl adjacent to an activating group) is 1. The van der Waals surface area contributed by atoms with Gasteiger partial charge in [-0.05, 0) is 44.3 Å². The Morgan fingerprint density at radius 3 is 2.50 bits per heavy atom. The molecule has 0 saturated carbocycles. The van der Waals surface area contributed by atoms with E-state index in [-0.39, 0.29) is 1.43 Å². The van der Waals surface area contributed by atoms with Crippen LogP contribution in [-0.4, -0.2) is 37.6 Å². The summed E-state index contributed by atoms with van der Waals surface area (Å²) in [6, 6.07) is 0. The first kappa shape index (κ1) is 12.0. The van der Waals surface area contributed by atoms with Crippen LogP contribution in [0.5, 0.6) is 0 Å². The van der Waals surface area contributed by atoms with Crippen molar-refractivity contribution in [3.63, 3.8) is 0 Å². The molecule has 0 aromatic carbocycles. The number of piperidine rings is 1. The largest absolute Gasteiger partial charge is 0.316 e. The number of rotatable bonds is 5. The normalized spacial score (nSPS) is 20.6. The lowest BCUT2D eigenvalue weighted by Gasteiger charge is -2.33. The minimum atomic E-state index is 0. The number of hydrogen-bond donors (Lipinski definition) is 1. The zero-order chi connectivity index (χ0) is 10.4. The van der Waals surface area contributed by atoms with Crippen LogP contribution >= 0.6 is 0 Å². The summed E-state index contributed by atoms with van der Waals surface area (Å²) in [4.78, 5) is 2.60. The van der Waals surface area contributed by atoms with Crippen LogP contribution in [-0.2, 0) is 0 Å². The van der Waals surface area contributed by atoms with Crippen LogP contribution in [0, 0.1) is 11.8 Å². The maximum absolute atomic E-state index is 3.39. The second-order valence-electron chi connectivity index (χ2n) is 4.78. The smallest absolute Gasteiger partial charge is 0.0107 e. The van der Waals surface area contributed by atoms with E-state index < -0.39 is 0 Å². The summed E-state index contributed by atoms with van der Waals surface area (Å²) in [5.41, 5.74) is 0. The van der Waals surface area contributed by atoms with Gasteiger partial charge < -0.3 is 10.2 Å². The standard InChI is InChI=1S/C12H26N2.H2/c1-4-13-7-10-14-8-5-12(6-9-14)11(2)3;/h11-13H,4-10H2,1-3H3;1H. The molecule has 1 aliphatic rings. The van der Waals surface area contributed by atoms with Crippen molar-refractivity contribution in [2.45, 2.75) is 33.6 Å². The molecule has 1 saturated heterocycles. The van der Waals surface area contributed by atoms with Gasteiger partial charge in [0.15, 0.2) is 0 Å². The molecule has 2 heteroatoms. The van der Waals surface area contributed by atoms with Crippen LogP contribution in [0.1, 0.15) is 35.0 Å². The van der Waals surface area contributed by atoms with Gasteiger partial charge in [-0.15, -0.1) is 0 Å². The first-order valence-electron chi connectivity index (χ1n) is 6.17. The number of likely N-dealkylation sites (tertiary alicyclic amines) is 1. The second kappa shape index (κ2) is 6.41. The van der Waals surface area contributed by atoms with Gasteiger partial charge in [0.2, 0.25) is 0 Å². The Hall–Kier alpha value is -0.0800. The van der Waals surface area contributed by atoms with Crippen molar-refractivity contribution >= 4 is 0 Å². The first-order chi connectivity index (χ1) is 6.74. The average molecular weight is 200 g/mol. The fourth-order valence-electron chi connectivity index (χ4n) is 2.26. The molecule has 0 bridgehead atoms. The molecule has 1 aliphatic heterocycles. The molecule has 1 heterocycles. The van der Waals surface area contributed by atoms with Crippen molar-refractivity contribution in [2.24, 2.45) is 11.8 Å². The Morgan fingerprint density at radius 2 is 2.00 bits per heavy atom. The van der Waals surface area contributed by atoms with Gasteiger partial charge in [-0.3, -0.25) is 0 Å². The lowest BCUT2D eigenvalue weighted by Crippen LogP contribution is -2.39. The molecular weight excluding hydrogens is 172 g/mol. The van der Waals surface area contributed by atoms with E-state index in [0.29, 0.717) is 0 Å². The SMILES string of the molecule is CCNCCN1CCC(C(C)C)CC1.[HH]. The minimum Gasteiger partial charge on any atom is -0.316 e. The van der Waals surface area contributed by atoms with Crippen LogP contribution in [0.4, 0.5) is 0 Å². The minimum absolute atomic E-state index is 0. The van der Waals surface area contributed by atoms with Crippen molar-refractivity contribution in [1.82, 2.24) is 10.2 Å². The molecule has 0 radical (unpaired) electrons. The summed E-state index contributed by atoms with van der Waals surface area (Å²) < 4.78 is 0. The lowest BCUT2D eigenvalue weighted by atomic mass is 9.87. The van der Waals surface area contributed by atoms with Crippen LogP contribution in [0.25, 0.3) is 0 Å². The highest BCUT2D eigenvalue weighted by atomic mass is 15.1. The van der Waals surface area contributed by atoms with Crippen LogP contribution < -0.4 is 5.32 Å². The molecule has 0 unspecified atom stereocenters. The van der Waals surface area contributed by atoms with Gasteiger partial charge in [-0.2, -0.15) is 0 Å². The molecule has 0 aliphatic carbocycles. The van der Waals surface area contributed by atoms with Gasteiger partial charge in [-0.1, -0.05) is 20.8 Å². The highest BCUT2D eigenvalue weighted by Gasteiger charge is 2.20. The summed E-state index contributed by atoms with van der Waals surface area (Å²) in [7, 11) is 0. The molecule has 0 aromatic rings. The fraction of sp³-hybridized carbons (Fsp3) is 1.00. The molecule has 1 fully saturated rings. The van der Waals surface area contributed by atoms with Crippen molar-refractivity contribution in [3.05, 3.63) is 0 Å². The predicted octanol–water partition coefficient (Wildman–Crippen LogP) is 2.21. The summed E-state index contributed by atoms with van der Waals surface area (Å²) in [6.07, 6.45) is 2.81. The van der Waals surface area contributed by atoms with Gasteiger partial charge in [0.1, 0.15) is 0 Å².